The number of aromatic nitrogens is 1. The van der Waals surface area contributed by atoms with Crippen LogP contribution in [0.2, 0.25) is 5.02 Å². The van der Waals surface area contributed by atoms with E-state index in [2.05, 4.69) is 5.32 Å². The van der Waals surface area contributed by atoms with E-state index in [0.717, 1.165) is 5.56 Å². The molecular formula is C20H15ClN2O4. The van der Waals surface area contributed by atoms with Crippen LogP contribution in [0.5, 0.6) is 11.5 Å². The maximum atomic E-state index is 12.6. The number of amides is 1. The molecule has 0 aliphatic carbocycles. The third-order valence-corrected chi connectivity index (χ3v) is 4.54. The summed E-state index contributed by atoms with van der Waals surface area (Å²) < 4.78 is 12.0. The van der Waals surface area contributed by atoms with Crippen LogP contribution in [-0.2, 0) is 6.54 Å². The summed E-state index contributed by atoms with van der Waals surface area (Å²) in [7, 11) is 0. The van der Waals surface area contributed by atoms with Gasteiger partial charge in [0.25, 0.3) is 11.5 Å². The van der Waals surface area contributed by atoms with E-state index in [0.29, 0.717) is 27.8 Å². The maximum Gasteiger partial charge on any atom is 0.257 e. The summed E-state index contributed by atoms with van der Waals surface area (Å²) >= 11 is 6.17. The highest BCUT2D eigenvalue weighted by molar-refractivity contribution is 6.31. The molecule has 0 saturated heterocycles. The molecule has 1 amide bonds. The fraction of sp³-hybridized carbons (Fsp3) is 0.100. The number of ether oxygens (including phenoxy) is 2. The van der Waals surface area contributed by atoms with E-state index in [1.165, 1.54) is 22.9 Å². The number of benzene rings is 2. The first kappa shape index (κ1) is 17.2. The van der Waals surface area contributed by atoms with Crippen molar-refractivity contribution in [3.63, 3.8) is 0 Å². The van der Waals surface area contributed by atoms with E-state index in [9.17, 15) is 9.59 Å². The second-order valence-corrected chi connectivity index (χ2v) is 6.40. The van der Waals surface area contributed by atoms with Crippen LogP contribution in [0.4, 0.5) is 5.69 Å². The number of nitrogens with zero attached hydrogens (tertiary/aromatic N) is 1. The van der Waals surface area contributed by atoms with E-state index >= 15 is 0 Å². The van der Waals surface area contributed by atoms with Gasteiger partial charge in [0.1, 0.15) is 0 Å². The van der Waals surface area contributed by atoms with Gasteiger partial charge in [-0.1, -0.05) is 29.8 Å². The first-order valence-corrected chi connectivity index (χ1v) is 8.63. The molecule has 1 N–H and O–H groups in total. The average molecular weight is 383 g/mol. The predicted octanol–water partition coefficient (Wildman–Crippen LogP) is 3.53. The van der Waals surface area contributed by atoms with E-state index in [1.54, 1.807) is 24.3 Å². The first-order chi connectivity index (χ1) is 13.1. The van der Waals surface area contributed by atoms with Crippen molar-refractivity contribution in [3.05, 3.63) is 87.3 Å². The van der Waals surface area contributed by atoms with Gasteiger partial charge < -0.3 is 19.4 Å². The number of nitrogens with one attached hydrogen (secondary N) is 1. The largest absolute Gasteiger partial charge is 0.454 e. The van der Waals surface area contributed by atoms with E-state index in [4.69, 9.17) is 21.1 Å². The van der Waals surface area contributed by atoms with Crippen molar-refractivity contribution in [2.75, 3.05) is 12.1 Å². The van der Waals surface area contributed by atoms with Crippen LogP contribution in [0.3, 0.4) is 0 Å². The molecule has 136 valence electrons. The molecule has 6 nitrogen and oxygen atoms in total. The molecule has 27 heavy (non-hydrogen) atoms. The molecule has 0 saturated carbocycles. The zero-order valence-electron chi connectivity index (χ0n) is 14.1. The van der Waals surface area contributed by atoms with Gasteiger partial charge in [0.15, 0.2) is 11.5 Å². The van der Waals surface area contributed by atoms with Crippen LogP contribution >= 0.6 is 11.6 Å². The molecule has 0 fully saturated rings. The van der Waals surface area contributed by atoms with Crippen LogP contribution in [0.1, 0.15) is 15.9 Å². The van der Waals surface area contributed by atoms with Gasteiger partial charge in [-0.25, -0.2) is 0 Å². The molecule has 4 rings (SSSR count). The summed E-state index contributed by atoms with van der Waals surface area (Å²) in [5, 5.41) is 3.36. The van der Waals surface area contributed by atoms with Crippen molar-refractivity contribution in [1.82, 2.24) is 4.57 Å². The summed E-state index contributed by atoms with van der Waals surface area (Å²) in [4.78, 5) is 24.7. The average Bonchev–Trinajstić information content (AvgIpc) is 3.13. The summed E-state index contributed by atoms with van der Waals surface area (Å²) in [6, 6.07) is 15.3. The van der Waals surface area contributed by atoms with Gasteiger partial charge in [0, 0.05) is 29.0 Å². The van der Waals surface area contributed by atoms with E-state index < -0.39 is 0 Å². The number of hydrogen-bond donors (Lipinski definition) is 1. The van der Waals surface area contributed by atoms with Gasteiger partial charge in [-0.15, -0.1) is 0 Å². The lowest BCUT2D eigenvalue weighted by Crippen LogP contribution is -2.22. The number of rotatable bonds is 4. The van der Waals surface area contributed by atoms with Crippen LogP contribution in [0.25, 0.3) is 0 Å². The highest BCUT2D eigenvalue weighted by Crippen LogP contribution is 2.34. The lowest BCUT2D eigenvalue weighted by Gasteiger charge is -2.10. The van der Waals surface area contributed by atoms with Crippen molar-refractivity contribution in [2.45, 2.75) is 6.54 Å². The minimum Gasteiger partial charge on any atom is -0.454 e. The molecule has 1 aromatic heterocycles. The molecule has 1 aliphatic heterocycles. The maximum absolute atomic E-state index is 12.6. The normalized spacial score (nSPS) is 12.0. The second kappa shape index (κ2) is 7.17. The van der Waals surface area contributed by atoms with Crippen molar-refractivity contribution >= 4 is 23.2 Å². The third kappa shape index (κ3) is 3.66. The minimum absolute atomic E-state index is 0.166. The molecule has 7 heteroatoms. The second-order valence-electron chi connectivity index (χ2n) is 6.00. The van der Waals surface area contributed by atoms with Crippen molar-refractivity contribution in [2.24, 2.45) is 0 Å². The van der Waals surface area contributed by atoms with E-state index in [1.807, 2.05) is 18.2 Å². The smallest absolute Gasteiger partial charge is 0.257 e. The van der Waals surface area contributed by atoms with Crippen molar-refractivity contribution in [1.29, 1.82) is 0 Å². The Kier molecular flexibility index (Phi) is 4.56. The minimum atomic E-state index is -0.332. The Morgan fingerprint density at radius 2 is 1.89 bits per heavy atom. The molecule has 0 unspecified atom stereocenters. The number of carbonyl (C=O) groups excluding carboxylic acids is 1. The summed E-state index contributed by atoms with van der Waals surface area (Å²) in [6.45, 7) is 0.448. The number of fused-ring (bicyclic) bond motifs is 1. The van der Waals surface area contributed by atoms with Crippen LogP contribution in [0.15, 0.2) is 65.6 Å². The summed E-state index contributed by atoms with van der Waals surface area (Å²) in [5.74, 6) is 0.888. The Morgan fingerprint density at radius 3 is 2.74 bits per heavy atom. The van der Waals surface area contributed by atoms with Gasteiger partial charge in [-0.3, -0.25) is 9.59 Å². The SMILES string of the molecule is O=C(Nc1ccc2c(c1)OCO2)c1ccc(=O)n(Cc2ccccc2Cl)c1. The quantitative estimate of drug-likeness (QED) is 0.749. The Balaban J connectivity index is 1.56. The van der Waals surface area contributed by atoms with Gasteiger partial charge in [0.2, 0.25) is 6.79 Å². The molecule has 1 aliphatic rings. The molecule has 0 bridgehead atoms. The van der Waals surface area contributed by atoms with Crippen LogP contribution in [-0.4, -0.2) is 17.3 Å². The number of anilines is 1. The number of halogens is 1. The molecule has 0 radical (unpaired) electrons. The molecule has 3 aromatic rings. The summed E-state index contributed by atoms with van der Waals surface area (Å²) in [5.41, 5.74) is 1.52. The number of pyridine rings is 1. The third-order valence-electron chi connectivity index (χ3n) is 4.17. The fourth-order valence-electron chi connectivity index (χ4n) is 2.78. The Hall–Kier alpha value is -3.25. The zero-order chi connectivity index (χ0) is 18.8. The van der Waals surface area contributed by atoms with Gasteiger partial charge in [-0.2, -0.15) is 0 Å². The molecule has 0 atom stereocenters. The Morgan fingerprint density at radius 1 is 1.07 bits per heavy atom. The van der Waals surface area contributed by atoms with Gasteiger partial charge >= 0.3 is 0 Å². The summed E-state index contributed by atoms with van der Waals surface area (Å²) in [6.07, 6.45) is 1.52. The highest BCUT2D eigenvalue weighted by Gasteiger charge is 2.15. The molecule has 2 aromatic carbocycles. The standard InChI is InChI=1S/C20H15ClN2O4/c21-16-4-2-1-3-13(16)10-23-11-14(5-8-19(23)24)20(25)22-15-6-7-17-18(9-15)27-12-26-17/h1-9,11H,10,12H2,(H,22,25). The van der Waals surface area contributed by atoms with Crippen molar-refractivity contribution in [3.8, 4) is 11.5 Å². The zero-order valence-corrected chi connectivity index (χ0v) is 14.9. The van der Waals surface area contributed by atoms with Gasteiger partial charge in [-0.05, 0) is 29.8 Å². The highest BCUT2D eigenvalue weighted by atomic mass is 35.5. The van der Waals surface area contributed by atoms with Crippen LogP contribution < -0.4 is 20.3 Å². The van der Waals surface area contributed by atoms with Crippen molar-refractivity contribution < 1.29 is 14.3 Å². The molecule has 2 heterocycles. The Labute approximate surface area is 159 Å². The first-order valence-electron chi connectivity index (χ1n) is 8.25. The Bertz CT molecular complexity index is 1080. The van der Waals surface area contributed by atoms with Crippen LogP contribution in [0, 0.1) is 0 Å². The van der Waals surface area contributed by atoms with E-state index in [-0.39, 0.29) is 24.8 Å². The number of hydrogen-bond acceptors (Lipinski definition) is 4. The topological polar surface area (TPSA) is 69.6 Å². The lowest BCUT2D eigenvalue weighted by molar-refractivity contribution is 0.102. The lowest BCUT2D eigenvalue weighted by atomic mass is 10.2. The monoisotopic (exact) mass is 382 g/mol. The fourth-order valence-corrected chi connectivity index (χ4v) is 2.97. The number of carbonyl (C=O) groups is 1. The van der Waals surface area contributed by atoms with Gasteiger partial charge in [0.05, 0.1) is 12.1 Å². The molecular weight excluding hydrogens is 368 g/mol. The molecule has 0 spiro atoms. The predicted molar refractivity (Wildman–Crippen MR) is 102 cm³/mol.